The first kappa shape index (κ1) is 18.9. The van der Waals surface area contributed by atoms with Crippen molar-refractivity contribution in [2.75, 3.05) is 13.2 Å². The molecular weight excluding hydrogens is 368 g/mol. The zero-order chi connectivity index (χ0) is 19.3. The summed E-state index contributed by atoms with van der Waals surface area (Å²) in [6.07, 6.45) is 0.861. The summed E-state index contributed by atoms with van der Waals surface area (Å²) in [6.45, 7) is 3.63. The lowest BCUT2D eigenvalue weighted by Crippen LogP contribution is -2.26. The molecule has 0 amide bonds. The maximum atomic E-state index is 9.71. The van der Waals surface area contributed by atoms with Gasteiger partial charge in [0.25, 0.3) is 0 Å². The Balaban J connectivity index is 1.33. The van der Waals surface area contributed by atoms with Gasteiger partial charge in [-0.1, -0.05) is 42.0 Å². The molecular formula is C23H24N2O2S. The molecule has 4 nitrogen and oxygen atoms in total. The summed E-state index contributed by atoms with van der Waals surface area (Å²) in [5, 5.41) is 14.0. The van der Waals surface area contributed by atoms with Crippen LogP contribution < -0.4 is 5.32 Å². The van der Waals surface area contributed by atoms with Crippen molar-refractivity contribution in [3.05, 3.63) is 77.6 Å². The van der Waals surface area contributed by atoms with E-state index in [2.05, 4.69) is 47.6 Å². The Morgan fingerprint density at radius 1 is 1.11 bits per heavy atom. The fraction of sp³-hybridized carbons (Fsp3) is 0.261. The molecule has 2 aromatic heterocycles. The fourth-order valence-corrected chi connectivity index (χ4v) is 4.27. The van der Waals surface area contributed by atoms with Gasteiger partial charge in [0.1, 0.15) is 5.76 Å². The molecule has 4 aromatic rings. The number of aromatic nitrogens is 1. The minimum Gasteiger partial charge on any atom is -0.457 e. The van der Waals surface area contributed by atoms with Crippen molar-refractivity contribution in [3.8, 4) is 10.8 Å². The maximum absolute atomic E-state index is 9.71. The predicted octanol–water partition coefficient (Wildman–Crippen LogP) is 4.81. The minimum absolute atomic E-state index is 0.163. The van der Waals surface area contributed by atoms with E-state index in [0.29, 0.717) is 6.54 Å². The van der Waals surface area contributed by atoms with Gasteiger partial charge in [0.15, 0.2) is 10.8 Å². The average molecular weight is 393 g/mol. The van der Waals surface area contributed by atoms with Gasteiger partial charge in [-0.05, 0) is 49.1 Å². The molecule has 4 rings (SSSR count). The third kappa shape index (κ3) is 4.50. The van der Waals surface area contributed by atoms with E-state index in [0.717, 1.165) is 39.7 Å². The molecule has 0 fully saturated rings. The molecule has 2 N–H and O–H groups in total. The Hall–Kier alpha value is -2.47. The second kappa shape index (κ2) is 8.69. The Bertz CT molecular complexity index is 1020. The van der Waals surface area contributed by atoms with Crippen molar-refractivity contribution >= 4 is 21.6 Å². The Morgan fingerprint density at radius 3 is 2.82 bits per heavy atom. The molecule has 0 saturated carbocycles. The average Bonchev–Trinajstić information content (AvgIpc) is 3.34. The third-order valence-corrected chi connectivity index (χ3v) is 5.81. The second-order valence-electron chi connectivity index (χ2n) is 7.13. The highest BCUT2D eigenvalue weighted by molar-refractivity contribution is 7.21. The Morgan fingerprint density at radius 2 is 2.00 bits per heavy atom. The molecule has 0 aliphatic heterocycles. The maximum Gasteiger partial charge on any atom is 0.163 e. The summed E-state index contributed by atoms with van der Waals surface area (Å²) in [7, 11) is 0. The van der Waals surface area contributed by atoms with Crippen LogP contribution in [-0.2, 0) is 13.0 Å². The van der Waals surface area contributed by atoms with Crippen molar-refractivity contribution in [2.24, 2.45) is 5.92 Å². The standard InChI is InChI=1S/C23H24N2O2S/c1-16-5-4-6-17(11-16)12-18(15-26)13-24-14-19-9-10-21(27-19)23-25-20-7-2-3-8-22(20)28-23/h2-11,18,24,26H,12-15H2,1H3. The number of hydrogen-bond acceptors (Lipinski definition) is 5. The van der Waals surface area contributed by atoms with Gasteiger partial charge in [0, 0.05) is 13.2 Å². The van der Waals surface area contributed by atoms with E-state index >= 15 is 0 Å². The zero-order valence-electron chi connectivity index (χ0n) is 15.9. The molecule has 5 heteroatoms. The van der Waals surface area contributed by atoms with Crippen molar-refractivity contribution in [2.45, 2.75) is 19.9 Å². The summed E-state index contributed by atoms with van der Waals surface area (Å²) >= 11 is 1.64. The topological polar surface area (TPSA) is 58.3 Å². The Labute approximate surface area is 168 Å². The second-order valence-corrected chi connectivity index (χ2v) is 8.16. The first-order valence-corrected chi connectivity index (χ1v) is 10.3. The molecule has 0 spiro atoms. The molecule has 1 atom stereocenters. The number of hydrogen-bond donors (Lipinski definition) is 2. The molecule has 0 radical (unpaired) electrons. The number of aliphatic hydroxyl groups is 1. The summed E-state index contributed by atoms with van der Waals surface area (Å²) in [6, 6.07) is 20.5. The number of aliphatic hydroxyl groups excluding tert-OH is 1. The molecule has 2 heterocycles. The molecule has 0 aliphatic carbocycles. The molecule has 0 saturated heterocycles. The highest BCUT2D eigenvalue weighted by Gasteiger charge is 2.12. The highest BCUT2D eigenvalue weighted by atomic mass is 32.1. The number of furan rings is 1. The fourth-order valence-electron chi connectivity index (χ4n) is 3.34. The van der Waals surface area contributed by atoms with Gasteiger partial charge in [0.2, 0.25) is 0 Å². The lowest BCUT2D eigenvalue weighted by molar-refractivity contribution is 0.220. The van der Waals surface area contributed by atoms with E-state index in [9.17, 15) is 5.11 Å². The Kier molecular flexibility index (Phi) is 5.86. The lowest BCUT2D eigenvalue weighted by Gasteiger charge is -2.15. The number of benzene rings is 2. The van der Waals surface area contributed by atoms with Crippen molar-refractivity contribution in [1.82, 2.24) is 10.3 Å². The van der Waals surface area contributed by atoms with Gasteiger partial charge in [-0.15, -0.1) is 11.3 Å². The van der Waals surface area contributed by atoms with Crippen LogP contribution in [0.25, 0.3) is 21.0 Å². The van der Waals surface area contributed by atoms with Crippen LogP contribution in [-0.4, -0.2) is 23.2 Å². The van der Waals surface area contributed by atoms with Crippen LogP contribution in [0.2, 0.25) is 0 Å². The van der Waals surface area contributed by atoms with Gasteiger partial charge in [-0.25, -0.2) is 4.98 Å². The largest absolute Gasteiger partial charge is 0.457 e. The SMILES string of the molecule is Cc1cccc(CC(CO)CNCc2ccc(-c3nc4ccccc4s3)o2)c1. The van der Waals surface area contributed by atoms with Gasteiger partial charge in [-0.2, -0.15) is 0 Å². The van der Waals surface area contributed by atoms with E-state index in [1.165, 1.54) is 11.1 Å². The number of fused-ring (bicyclic) bond motifs is 1. The van der Waals surface area contributed by atoms with E-state index in [1.807, 2.05) is 30.3 Å². The van der Waals surface area contributed by atoms with Gasteiger partial charge in [0.05, 0.1) is 16.8 Å². The monoisotopic (exact) mass is 392 g/mol. The van der Waals surface area contributed by atoms with Crippen LogP contribution in [0.4, 0.5) is 0 Å². The number of para-hydroxylation sites is 1. The molecule has 28 heavy (non-hydrogen) atoms. The number of thiazole rings is 1. The van der Waals surface area contributed by atoms with Gasteiger partial charge >= 0.3 is 0 Å². The van der Waals surface area contributed by atoms with Crippen molar-refractivity contribution in [1.29, 1.82) is 0 Å². The first-order chi connectivity index (χ1) is 13.7. The van der Waals surface area contributed by atoms with E-state index in [-0.39, 0.29) is 12.5 Å². The normalized spacial score (nSPS) is 12.5. The minimum atomic E-state index is 0.163. The smallest absolute Gasteiger partial charge is 0.163 e. The van der Waals surface area contributed by atoms with Crippen molar-refractivity contribution in [3.63, 3.8) is 0 Å². The molecule has 144 valence electrons. The highest BCUT2D eigenvalue weighted by Crippen LogP contribution is 2.31. The molecule has 0 aliphatic rings. The van der Waals surface area contributed by atoms with Crippen LogP contribution in [0.5, 0.6) is 0 Å². The van der Waals surface area contributed by atoms with Crippen LogP contribution >= 0.6 is 11.3 Å². The quantitative estimate of drug-likeness (QED) is 0.452. The molecule has 1 unspecified atom stereocenters. The number of nitrogens with zero attached hydrogens (tertiary/aromatic N) is 1. The summed E-state index contributed by atoms with van der Waals surface area (Å²) < 4.78 is 7.13. The third-order valence-electron chi connectivity index (χ3n) is 4.76. The van der Waals surface area contributed by atoms with E-state index in [1.54, 1.807) is 11.3 Å². The summed E-state index contributed by atoms with van der Waals surface area (Å²) in [4.78, 5) is 4.64. The number of rotatable bonds is 8. The number of nitrogens with one attached hydrogen (secondary N) is 1. The van der Waals surface area contributed by atoms with E-state index < -0.39 is 0 Å². The molecule has 0 bridgehead atoms. The van der Waals surface area contributed by atoms with Crippen LogP contribution in [0.15, 0.2) is 65.1 Å². The first-order valence-electron chi connectivity index (χ1n) is 9.53. The number of aryl methyl sites for hydroxylation is 1. The lowest BCUT2D eigenvalue weighted by atomic mass is 9.99. The zero-order valence-corrected chi connectivity index (χ0v) is 16.7. The van der Waals surface area contributed by atoms with Gasteiger partial charge in [-0.3, -0.25) is 0 Å². The van der Waals surface area contributed by atoms with Crippen LogP contribution in [0, 0.1) is 12.8 Å². The summed E-state index contributed by atoms with van der Waals surface area (Å²) in [5.74, 6) is 1.86. The molecule has 2 aromatic carbocycles. The summed E-state index contributed by atoms with van der Waals surface area (Å²) in [5.41, 5.74) is 3.51. The van der Waals surface area contributed by atoms with E-state index in [4.69, 9.17) is 4.42 Å². The van der Waals surface area contributed by atoms with Crippen LogP contribution in [0.3, 0.4) is 0 Å². The van der Waals surface area contributed by atoms with Crippen LogP contribution in [0.1, 0.15) is 16.9 Å². The predicted molar refractivity (Wildman–Crippen MR) is 114 cm³/mol. The van der Waals surface area contributed by atoms with Crippen molar-refractivity contribution < 1.29 is 9.52 Å². The van der Waals surface area contributed by atoms with Gasteiger partial charge < -0.3 is 14.8 Å².